The van der Waals surface area contributed by atoms with E-state index in [0.29, 0.717) is 23.1 Å². The van der Waals surface area contributed by atoms with Crippen LogP contribution in [0.4, 0.5) is 0 Å². The topological polar surface area (TPSA) is 69.9 Å². The Kier molecular flexibility index (Phi) is 6.83. The van der Waals surface area contributed by atoms with Crippen LogP contribution < -0.4 is 0 Å². The van der Waals surface area contributed by atoms with Crippen molar-refractivity contribution in [3.05, 3.63) is 182 Å². The number of hydrogen-bond donors (Lipinski definition) is 0. The maximum Gasteiger partial charge on any atom is 0.167 e. The second-order valence-corrected chi connectivity index (χ2v) is 14.3. The highest BCUT2D eigenvalue weighted by molar-refractivity contribution is 6.23. The van der Waals surface area contributed by atoms with Crippen LogP contribution >= 0.6 is 0 Å². The lowest BCUT2D eigenvalue weighted by atomic mass is 10.0. The summed E-state index contributed by atoms with van der Waals surface area (Å²) in [5, 5.41) is 6.41. The van der Waals surface area contributed by atoms with Gasteiger partial charge in [-0.3, -0.25) is 0 Å². The Labute approximate surface area is 325 Å². The molecular formula is C51H30N4O2. The number of nitrogens with zero attached hydrogens (tertiary/aromatic N) is 4. The minimum atomic E-state index is 0.531. The predicted octanol–water partition coefficient (Wildman–Crippen LogP) is 13.4. The molecule has 0 aliphatic rings. The Morgan fingerprint density at radius 3 is 1.63 bits per heavy atom. The maximum atomic E-state index is 6.86. The van der Waals surface area contributed by atoms with Crippen molar-refractivity contribution in [2.24, 2.45) is 0 Å². The van der Waals surface area contributed by atoms with Gasteiger partial charge in [0.15, 0.2) is 23.1 Å². The molecule has 0 radical (unpaired) electrons. The highest BCUT2D eigenvalue weighted by Gasteiger charge is 2.25. The molecule has 12 aromatic rings. The minimum Gasteiger partial charge on any atom is -0.455 e. The molecule has 0 fully saturated rings. The Morgan fingerprint density at radius 1 is 0.351 bits per heavy atom. The van der Waals surface area contributed by atoms with Gasteiger partial charge in [0, 0.05) is 38.1 Å². The van der Waals surface area contributed by atoms with Crippen molar-refractivity contribution in [3.8, 4) is 51.0 Å². The van der Waals surface area contributed by atoms with Crippen molar-refractivity contribution < 1.29 is 8.83 Å². The highest BCUT2D eigenvalue weighted by Crippen LogP contribution is 2.45. The first-order valence-electron chi connectivity index (χ1n) is 19.0. The average Bonchev–Trinajstić information content (AvgIpc) is 3.97. The number of fused-ring (bicyclic) bond motifs is 10. The molecule has 6 heteroatoms. The van der Waals surface area contributed by atoms with E-state index in [-0.39, 0.29) is 0 Å². The van der Waals surface area contributed by atoms with Gasteiger partial charge in [0.2, 0.25) is 0 Å². The first kappa shape index (κ1) is 31.5. The van der Waals surface area contributed by atoms with Crippen LogP contribution in [0, 0.1) is 0 Å². The second-order valence-electron chi connectivity index (χ2n) is 14.3. The molecule has 0 bridgehead atoms. The Bertz CT molecular complexity index is 3510. The lowest BCUT2D eigenvalue weighted by Gasteiger charge is -2.13. The summed E-state index contributed by atoms with van der Waals surface area (Å²) in [7, 11) is 0. The third kappa shape index (κ3) is 4.87. The van der Waals surface area contributed by atoms with Gasteiger partial charge in [0.1, 0.15) is 16.7 Å². The average molecular weight is 731 g/mol. The van der Waals surface area contributed by atoms with Crippen LogP contribution in [0.3, 0.4) is 0 Å². The molecule has 0 N–H and O–H groups in total. The minimum absolute atomic E-state index is 0.531. The highest BCUT2D eigenvalue weighted by atomic mass is 16.3. The van der Waals surface area contributed by atoms with Gasteiger partial charge in [-0.05, 0) is 47.5 Å². The zero-order chi connectivity index (χ0) is 37.5. The smallest absolute Gasteiger partial charge is 0.167 e. The van der Waals surface area contributed by atoms with Gasteiger partial charge in [-0.25, -0.2) is 15.0 Å². The molecule has 0 unspecified atom stereocenters. The van der Waals surface area contributed by atoms with Crippen molar-refractivity contribution in [3.63, 3.8) is 0 Å². The normalized spacial score (nSPS) is 11.9. The van der Waals surface area contributed by atoms with Crippen LogP contribution in [0.25, 0.3) is 117 Å². The molecule has 0 aliphatic carbocycles. The Morgan fingerprint density at radius 2 is 0.877 bits per heavy atom. The van der Waals surface area contributed by atoms with Crippen molar-refractivity contribution in [1.29, 1.82) is 0 Å². The number of para-hydroxylation sites is 3. The van der Waals surface area contributed by atoms with Gasteiger partial charge in [0.05, 0.1) is 27.7 Å². The maximum absolute atomic E-state index is 6.86. The molecule has 6 nitrogen and oxygen atoms in total. The molecule has 0 aliphatic heterocycles. The zero-order valence-electron chi connectivity index (χ0n) is 30.4. The van der Waals surface area contributed by atoms with Gasteiger partial charge in [0.25, 0.3) is 0 Å². The lowest BCUT2D eigenvalue weighted by molar-refractivity contribution is 0.669. The number of hydrogen-bond acceptors (Lipinski definition) is 5. The van der Waals surface area contributed by atoms with Crippen LogP contribution in [0.1, 0.15) is 0 Å². The number of benzene rings is 8. The van der Waals surface area contributed by atoms with E-state index in [1.54, 1.807) is 0 Å². The molecule has 0 atom stereocenters. The number of rotatable bonds is 5. The third-order valence-corrected chi connectivity index (χ3v) is 11.1. The summed E-state index contributed by atoms with van der Waals surface area (Å²) in [6, 6.07) is 62.5. The van der Waals surface area contributed by atoms with Gasteiger partial charge >= 0.3 is 0 Å². The van der Waals surface area contributed by atoms with Crippen molar-refractivity contribution in [2.45, 2.75) is 0 Å². The molecule has 12 rings (SSSR count). The summed E-state index contributed by atoms with van der Waals surface area (Å²) in [6.45, 7) is 0. The van der Waals surface area contributed by atoms with Crippen molar-refractivity contribution in [2.75, 3.05) is 0 Å². The number of furan rings is 2. The number of aromatic nitrogens is 4. The van der Waals surface area contributed by atoms with E-state index in [2.05, 4.69) is 126 Å². The summed E-state index contributed by atoms with van der Waals surface area (Å²) in [6.07, 6.45) is 0. The molecule has 0 amide bonds. The van der Waals surface area contributed by atoms with Gasteiger partial charge in [-0.2, -0.15) is 0 Å². The third-order valence-electron chi connectivity index (χ3n) is 11.1. The van der Waals surface area contributed by atoms with E-state index in [1.165, 1.54) is 0 Å². The second kappa shape index (κ2) is 12.3. The molecule has 0 saturated carbocycles. The predicted molar refractivity (Wildman–Crippen MR) is 230 cm³/mol. The summed E-state index contributed by atoms with van der Waals surface area (Å²) in [5.74, 6) is 1.70. The van der Waals surface area contributed by atoms with Crippen LogP contribution in [0.5, 0.6) is 0 Å². The fraction of sp³-hybridized carbons (Fsp3) is 0. The zero-order valence-corrected chi connectivity index (χ0v) is 30.4. The SMILES string of the molecule is c1ccc(-c2ccc(-c3nc(-c4ccccc4)nc(-c4ccc(-n5c6ccccc6c6ccc7c8ccccc8oc7c65)c5c4oc4ccccc45)n3)cc2)cc1. The Hall–Kier alpha value is -7.83. The van der Waals surface area contributed by atoms with E-state index in [4.69, 9.17) is 23.8 Å². The molecular weight excluding hydrogens is 701 g/mol. The van der Waals surface area contributed by atoms with Gasteiger partial charge in [-0.15, -0.1) is 0 Å². The molecule has 4 heterocycles. The summed E-state index contributed by atoms with van der Waals surface area (Å²) >= 11 is 0. The standard InChI is InChI=1S/C51H30N4O2/c1-3-13-31(14-4-1)32-23-25-34(26-24-32)50-52-49(33-15-5-2-6-16-33)53-51(54-50)40-29-30-42(45-39-19-9-12-22-44(39)56-47(40)45)55-41-20-10-7-17-35(41)37-27-28-38-36-18-8-11-21-43(36)57-48(38)46(37)55/h1-30H. The molecule has 4 aromatic heterocycles. The van der Waals surface area contributed by atoms with E-state index in [0.717, 1.165) is 93.6 Å². The van der Waals surface area contributed by atoms with Crippen LogP contribution in [0.15, 0.2) is 191 Å². The van der Waals surface area contributed by atoms with Crippen molar-refractivity contribution in [1.82, 2.24) is 19.5 Å². The summed E-state index contributed by atoms with van der Waals surface area (Å²) < 4.78 is 15.9. The summed E-state index contributed by atoms with van der Waals surface area (Å²) in [5.41, 5.74) is 11.1. The molecule has 0 spiro atoms. The van der Waals surface area contributed by atoms with Crippen LogP contribution in [0.2, 0.25) is 0 Å². The van der Waals surface area contributed by atoms with Crippen molar-refractivity contribution >= 4 is 65.7 Å². The van der Waals surface area contributed by atoms with E-state index < -0.39 is 0 Å². The Balaban J connectivity index is 1.13. The fourth-order valence-corrected chi connectivity index (χ4v) is 8.44. The molecule has 266 valence electrons. The monoisotopic (exact) mass is 730 g/mol. The van der Waals surface area contributed by atoms with Gasteiger partial charge < -0.3 is 13.4 Å². The first-order chi connectivity index (χ1) is 28.3. The fourth-order valence-electron chi connectivity index (χ4n) is 8.44. The molecule has 57 heavy (non-hydrogen) atoms. The summed E-state index contributed by atoms with van der Waals surface area (Å²) in [4.78, 5) is 15.3. The quantitative estimate of drug-likeness (QED) is 0.176. The van der Waals surface area contributed by atoms with E-state index >= 15 is 0 Å². The largest absolute Gasteiger partial charge is 0.455 e. The van der Waals surface area contributed by atoms with Gasteiger partial charge in [-0.1, -0.05) is 146 Å². The van der Waals surface area contributed by atoms with Crippen LogP contribution in [-0.2, 0) is 0 Å². The molecule has 8 aromatic carbocycles. The van der Waals surface area contributed by atoms with E-state index in [9.17, 15) is 0 Å². The van der Waals surface area contributed by atoms with Crippen LogP contribution in [-0.4, -0.2) is 19.5 Å². The lowest BCUT2D eigenvalue weighted by Crippen LogP contribution is -2.01. The van der Waals surface area contributed by atoms with E-state index in [1.807, 2.05) is 60.7 Å². The molecule has 0 saturated heterocycles. The first-order valence-corrected chi connectivity index (χ1v) is 19.0.